The average molecular weight is 358 g/mol. The van der Waals surface area contributed by atoms with Crippen molar-refractivity contribution < 1.29 is 14.3 Å². The first kappa shape index (κ1) is 17.5. The molecular weight excluding hydrogens is 336 g/mol. The molecule has 2 heterocycles. The van der Waals surface area contributed by atoms with Crippen LogP contribution < -0.4 is 15.0 Å². The molecule has 5 nitrogen and oxygen atoms in total. The highest BCUT2D eigenvalue weighted by atomic mass is 32.1. The molecule has 0 saturated heterocycles. The number of nitrogens with one attached hydrogen (secondary N) is 1. The van der Waals surface area contributed by atoms with Gasteiger partial charge in [0.25, 0.3) is 5.91 Å². The minimum atomic E-state index is -0.525. The summed E-state index contributed by atoms with van der Waals surface area (Å²) in [6, 6.07) is 9.31. The van der Waals surface area contributed by atoms with Crippen molar-refractivity contribution in [2.75, 3.05) is 16.8 Å². The number of anilines is 2. The molecule has 1 N–H and O–H groups in total. The van der Waals surface area contributed by atoms with Crippen molar-refractivity contribution in [1.29, 1.82) is 0 Å². The van der Waals surface area contributed by atoms with Crippen molar-refractivity contribution in [2.24, 2.45) is 5.92 Å². The average Bonchev–Trinajstić information content (AvgIpc) is 3.04. The van der Waals surface area contributed by atoms with Crippen molar-refractivity contribution in [2.45, 2.75) is 33.3 Å². The van der Waals surface area contributed by atoms with Crippen LogP contribution in [0, 0.1) is 5.92 Å². The number of ether oxygens (including phenoxy) is 1. The predicted molar refractivity (Wildman–Crippen MR) is 100 cm³/mol. The van der Waals surface area contributed by atoms with Gasteiger partial charge in [-0.1, -0.05) is 19.9 Å². The molecule has 1 aromatic carbocycles. The van der Waals surface area contributed by atoms with Crippen LogP contribution in [-0.4, -0.2) is 24.5 Å². The number of carbonyl (C=O) groups is 2. The number of nitrogens with zero attached hydrogens (tertiary/aromatic N) is 1. The van der Waals surface area contributed by atoms with Gasteiger partial charge in [-0.3, -0.25) is 9.59 Å². The Morgan fingerprint density at radius 3 is 2.84 bits per heavy atom. The number of fused-ring (bicyclic) bond motifs is 1. The van der Waals surface area contributed by atoms with Crippen LogP contribution >= 0.6 is 11.3 Å². The van der Waals surface area contributed by atoms with Gasteiger partial charge in [0.1, 0.15) is 5.75 Å². The molecule has 3 rings (SSSR count). The van der Waals surface area contributed by atoms with E-state index >= 15 is 0 Å². The summed E-state index contributed by atoms with van der Waals surface area (Å²) in [6.45, 7) is 6.54. The lowest BCUT2D eigenvalue weighted by atomic mass is 10.1. The van der Waals surface area contributed by atoms with Crippen molar-refractivity contribution in [1.82, 2.24) is 0 Å². The van der Waals surface area contributed by atoms with Crippen LogP contribution in [0.15, 0.2) is 35.7 Å². The third-order valence-electron chi connectivity index (χ3n) is 3.91. The number of benzene rings is 1. The molecule has 132 valence electrons. The minimum absolute atomic E-state index is 0.0318. The highest BCUT2D eigenvalue weighted by molar-refractivity contribution is 7.10. The van der Waals surface area contributed by atoms with Gasteiger partial charge in [-0.15, -0.1) is 11.3 Å². The van der Waals surface area contributed by atoms with Crippen molar-refractivity contribution in [3.63, 3.8) is 0 Å². The van der Waals surface area contributed by atoms with Gasteiger partial charge in [0.15, 0.2) is 6.10 Å². The zero-order chi connectivity index (χ0) is 18.0. The lowest BCUT2D eigenvalue weighted by molar-refractivity contribution is -0.125. The largest absolute Gasteiger partial charge is 0.479 e. The van der Waals surface area contributed by atoms with E-state index in [4.69, 9.17) is 4.74 Å². The Kier molecular flexibility index (Phi) is 5.08. The van der Waals surface area contributed by atoms with E-state index in [1.54, 1.807) is 29.2 Å². The molecule has 1 atom stereocenters. The van der Waals surface area contributed by atoms with Crippen LogP contribution in [0.1, 0.15) is 25.6 Å². The van der Waals surface area contributed by atoms with E-state index in [1.807, 2.05) is 29.6 Å². The van der Waals surface area contributed by atoms with Crippen LogP contribution in [0.3, 0.4) is 0 Å². The Morgan fingerprint density at radius 2 is 2.16 bits per heavy atom. The second-order valence-electron chi connectivity index (χ2n) is 6.59. The molecule has 2 aromatic rings. The molecule has 0 aliphatic carbocycles. The topological polar surface area (TPSA) is 58.6 Å². The van der Waals surface area contributed by atoms with E-state index in [9.17, 15) is 9.59 Å². The second-order valence-corrected chi connectivity index (χ2v) is 7.62. The highest BCUT2D eigenvalue weighted by Gasteiger charge is 2.31. The van der Waals surface area contributed by atoms with Crippen LogP contribution in [0.2, 0.25) is 0 Å². The van der Waals surface area contributed by atoms with Gasteiger partial charge >= 0.3 is 0 Å². The first-order valence-corrected chi connectivity index (χ1v) is 9.26. The molecule has 1 aromatic heterocycles. The lowest BCUT2D eigenvalue weighted by Crippen LogP contribution is -2.46. The summed E-state index contributed by atoms with van der Waals surface area (Å²) in [6.07, 6.45) is -0.174. The van der Waals surface area contributed by atoms with E-state index in [0.29, 0.717) is 30.3 Å². The Hall–Kier alpha value is -2.34. The summed E-state index contributed by atoms with van der Waals surface area (Å²) in [5.41, 5.74) is 1.43. The molecule has 0 radical (unpaired) electrons. The van der Waals surface area contributed by atoms with Crippen LogP contribution in [-0.2, 0) is 16.0 Å². The smallest absolute Gasteiger partial charge is 0.267 e. The van der Waals surface area contributed by atoms with Crippen molar-refractivity contribution in [3.8, 4) is 5.75 Å². The van der Waals surface area contributed by atoms with Crippen LogP contribution in [0.4, 0.5) is 11.4 Å². The van der Waals surface area contributed by atoms with E-state index in [2.05, 4.69) is 19.2 Å². The van der Waals surface area contributed by atoms with E-state index < -0.39 is 6.10 Å². The molecule has 25 heavy (non-hydrogen) atoms. The van der Waals surface area contributed by atoms with E-state index in [-0.39, 0.29) is 11.8 Å². The molecule has 0 bridgehead atoms. The fourth-order valence-electron chi connectivity index (χ4n) is 2.82. The van der Waals surface area contributed by atoms with Gasteiger partial charge < -0.3 is 15.0 Å². The molecule has 0 fully saturated rings. The van der Waals surface area contributed by atoms with E-state index in [1.165, 1.54) is 0 Å². The number of hydrogen-bond donors (Lipinski definition) is 1. The standard InChI is InChI=1S/C19H22N2O3S/c1-12(2)11-21-16-7-6-14(9-17(16)24-13(3)19(21)23)20-18(22)10-15-5-4-8-25-15/h4-9,12-13H,10-11H2,1-3H3,(H,20,22). The van der Waals surface area contributed by atoms with Gasteiger partial charge in [0.2, 0.25) is 5.91 Å². The Bertz CT molecular complexity index is 771. The molecule has 1 aliphatic rings. The number of thiophene rings is 1. The summed E-state index contributed by atoms with van der Waals surface area (Å²) in [5.74, 6) is 0.881. The molecule has 0 spiro atoms. The summed E-state index contributed by atoms with van der Waals surface area (Å²) in [7, 11) is 0. The first-order valence-electron chi connectivity index (χ1n) is 8.38. The third-order valence-corrected chi connectivity index (χ3v) is 4.79. The molecule has 1 unspecified atom stereocenters. The number of hydrogen-bond acceptors (Lipinski definition) is 4. The lowest BCUT2D eigenvalue weighted by Gasteiger charge is -2.34. The number of rotatable bonds is 5. The fourth-order valence-corrected chi connectivity index (χ4v) is 3.52. The SMILES string of the molecule is CC(C)CN1C(=O)C(C)Oc2cc(NC(=O)Cc3cccs3)ccc21. The maximum absolute atomic E-state index is 12.4. The Labute approximate surface area is 151 Å². The summed E-state index contributed by atoms with van der Waals surface area (Å²) in [5, 5.41) is 4.85. The fraction of sp³-hybridized carbons (Fsp3) is 0.368. The monoisotopic (exact) mass is 358 g/mol. The zero-order valence-corrected chi connectivity index (χ0v) is 15.4. The minimum Gasteiger partial charge on any atom is -0.479 e. The maximum atomic E-state index is 12.4. The van der Waals surface area contributed by atoms with Gasteiger partial charge in [-0.05, 0) is 36.4 Å². The first-order chi connectivity index (χ1) is 11.9. The van der Waals surface area contributed by atoms with Crippen molar-refractivity contribution >= 4 is 34.5 Å². The normalized spacial score (nSPS) is 16.6. The van der Waals surface area contributed by atoms with Gasteiger partial charge in [-0.2, -0.15) is 0 Å². The molecular formula is C19H22N2O3S. The molecule has 1 aliphatic heterocycles. The second kappa shape index (κ2) is 7.27. The highest BCUT2D eigenvalue weighted by Crippen LogP contribution is 2.36. The van der Waals surface area contributed by atoms with Gasteiger partial charge in [-0.25, -0.2) is 0 Å². The molecule has 2 amide bonds. The van der Waals surface area contributed by atoms with Crippen LogP contribution in [0.5, 0.6) is 5.75 Å². The third kappa shape index (κ3) is 4.02. The van der Waals surface area contributed by atoms with Crippen LogP contribution in [0.25, 0.3) is 0 Å². The van der Waals surface area contributed by atoms with Crippen molar-refractivity contribution in [3.05, 3.63) is 40.6 Å². The summed E-state index contributed by atoms with van der Waals surface area (Å²) < 4.78 is 5.74. The molecule has 6 heteroatoms. The van der Waals surface area contributed by atoms with Gasteiger partial charge in [0.05, 0.1) is 12.1 Å². The number of carbonyl (C=O) groups excluding carboxylic acids is 2. The summed E-state index contributed by atoms with van der Waals surface area (Å²) in [4.78, 5) is 27.4. The Morgan fingerprint density at radius 1 is 1.36 bits per heavy atom. The number of amides is 2. The molecule has 0 saturated carbocycles. The van der Waals surface area contributed by atoms with Gasteiger partial charge in [0, 0.05) is 23.2 Å². The Balaban J connectivity index is 1.78. The zero-order valence-electron chi connectivity index (χ0n) is 14.6. The summed E-state index contributed by atoms with van der Waals surface area (Å²) >= 11 is 1.56. The maximum Gasteiger partial charge on any atom is 0.267 e. The predicted octanol–water partition coefficient (Wildman–Crippen LogP) is 3.70. The van der Waals surface area contributed by atoms with E-state index in [0.717, 1.165) is 10.6 Å². The quantitative estimate of drug-likeness (QED) is 0.887.